The van der Waals surface area contributed by atoms with E-state index in [0.29, 0.717) is 29.3 Å². The third kappa shape index (κ3) is 5.27. The summed E-state index contributed by atoms with van der Waals surface area (Å²) in [5.74, 6) is 0.270. The van der Waals surface area contributed by atoms with Crippen LogP contribution >= 0.6 is 0 Å². The SMILES string of the molecule is CCCOc1cccc(C(=O)Nc2ccccc2NS(C)(=O)=O)c1. The highest BCUT2D eigenvalue weighted by atomic mass is 32.2. The lowest BCUT2D eigenvalue weighted by atomic mass is 10.2. The number of nitrogens with one attached hydrogen (secondary N) is 2. The Balaban J connectivity index is 2.18. The average molecular weight is 348 g/mol. The minimum absolute atomic E-state index is 0.312. The molecular weight excluding hydrogens is 328 g/mol. The highest BCUT2D eigenvalue weighted by Crippen LogP contribution is 2.23. The van der Waals surface area contributed by atoms with Crippen molar-refractivity contribution in [2.75, 3.05) is 22.9 Å². The second kappa shape index (κ2) is 7.83. The third-order valence-electron chi connectivity index (χ3n) is 3.04. The first-order chi connectivity index (χ1) is 11.4. The van der Waals surface area contributed by atoms with Crippen molar-refractivity contribution in [1.82, 2.24) is 0 Å². The fourth-order valence-corrected chi connectivity index (χ4v) is 2.60. The molecule has 7 heteroatoms. The highest BCUT2D eigenvalue weighted by Gasteiger charge is 2.12. The van der Waals surface area contributed by atoms with E-state index in [1.54, 1.807) is 48.5 Å². The number of para-hydroxylation sites is 2. The van der Waals surface area contributed by atoms with Crippen molar-refractivity contribution in [3.63, 3.8) is 0 Å². The number of carbonyl (C=O) groups is 1. The zero-order valence-corrected chi connectivity index (χ0v) is 14.4. The Morgan fingerprint density at radius 1 is 1.08 bits per heavy atom. The molecule has 6 nitrogen and oxygen atoms in total. The van der Waals surface area contributed by atoms with E-state index in [2.05, 4.69) is 10.0 Å². The van der Waals surface area contributed by atoms with Gasteiger partial charge >= 0.3 is 0 Å². The molecule has 0 fully saturated rings. The Bertz CT molecular complexity index is 819. The molecule has 0 saturated carbocycles. The number of amides is 1. The lowest BCUT2D eigenvalue weighted by Crippen LogP contribution is -2.16. The molecule has 0 heterocycles. The summed E-state index contributed by atoms with van der Waals surface area (Å²) in [5.41, 5.74) is 1.12. The molecule has 0 aliphatic rings. The normalized spacial score (nSPS) is 10.9. The van der Waals surface area contributed by atoms with E-state index >= 15 is 0 Å². The van der Waals surface area contributed by atoms with E-state index in [-0.39, 0.29) is 5.91 Å². The minimum atomic E-state index is -3.44. The van der Waals surface area contributed by atoms with Gasteiger partial charge in [0, 0.05) is 5.56 Å². The number of sulfonamides is 1. The van der Waals surface area contributed by atoms with Crippen LogP contribution in [0.1, 0.15) is 23.7 Å². The van der Waals surface area contributed by atoms with Crippen LogP contribution in [0, 0.1) is 0 Å². The van der Waals surface area contributed by atoms with Crippen LogP contribution in [0.25, 0.3) is 0 Å². The van der Waals surface area contributed by atoms with E-state index < -0.39 is 10.0 Å². The first-order valence-electron chi connectivity index (χ1n) is 7.50. The molecule has 0 radical (unpaired) electrons. The van der Waals surface area contributed by atoms with Crippen molar-refractivity contribution in [3.05, 3.63) is 54.1 Å². The number of hydrogen-bond acceptors (Lipinski definition) is 4. The van der Waals surface area contributed by atoms with Gasteiger partial charge in [-0.2, -0.15) is 0 Å². The number of carbonyl (C=O) groups excluding carboxylic acids is 1. The van der Waals surface area contributed by atoms with Crippen LogP contribution < -0.4 is 14.8 Å². The van der Waals surface area contributed by atoms with E-state index in [0.717, 1.165) is 12.7 Å². The molecule has 2 aromatic rings. The Kier molecular flexibility index (Phi) is 5.81. The maximum absolute atomic E-state index is 12.4. The molecule has 128 valence electrons. The first-order valence-corrected chi connectivity index (χ1v) is 9.39. The van der Waals surface area contributed by atoms with Gasteiger partial charge in [-0.05, 0) is 36.8 Å². The predicted octanol–water partition coefficient (Wildman–Crippen LogP) is 3.10. The zero-order chi connectivity index (χ0) is 17.6. The molecule has 0 aliphatic heterocycles. The summed E-state index contributed by atoms with van der Waals surface area (Å²) in [7, 11) is -3.44. The minimum Gasteiger partial charge on any atom is -0.494 e. The highest BCUT2D eigenvalue weighted by molar-refractivity contribution is 7.92. The number of rotatable bonds is 7. The summed E-state index contributed by atoms with van der Waals surface area (Å²) in [6.07, 6.45) is 1.93. The Hall–Kier alpha value is -2.54. The van der Waals surface area contributed by atoms with Crippen molar-refractivity contribution >= 4 is 27.3 Å². The van der Waals surface area contributed by atoms with Gasteiger partial charge < -0.3 is 10.1 Å². The fraction of sp³-hybridized carbons (Fsp3) is 0.235. The topological polar surface area (TPSA) is 84.5 Å². The summed E-state index contributed by atoms with van der Waals surface area (Å²) >= 11 is 0. The lowest BCUT2D eigenvalue weighted by molar-refractivity contribution is 0.102. The van der Waals surface area contributed by atoms with Gasteiger partial charge in [0.1, 0.15) is 5.75 Å². The second-order valence-corrected chi connectivity index (χ2v) is 7.00. The number of anilines is 2. The van der Waals surface area contributed by atoms with Crippen LogP contribution in [0.15, 0.2) is 48.5 Å². The van der Waals surface area contributed by atoms with E-state index in [9.17, 15) is 13.2 Å². The monoisotopic (exact) mass is 348 g/mol. The van der Waals surface area contributed by atoms with Gasteiger partial charge in [0.25, 0.3) is 5.91 Å². The lowest BCUT2D eigenvalue weighted by Gasteiger charge is -2.12. The van der Waals surface area contributed by atoms with Crippen molar-refractivity contribution in [2.24, 2.45) is 0 Å². The van der Waals surface area contributed by atoms with E-state index in [1.165, 1.54) is 0 Å². The Labute approximate surface area is 141 Å². The van der Waals surface area contributed by atoms with Gasteiger partial charge in [-0.1, -0.05) is 25.1 Å². The zero-order valence-electron chi connectivity index (χ0n) is 13.6. The predicted molar refractivity (Wildman–Crippen MR) is 95.1 cm³/mol. The Morgan fingerprint density at radius 2 is 1.79 bits per heavy atom. The molecule has 24 heavy (non-hydrogen) atoms. The third-order valence-corrected chi connectivity index (χ3v) is 3.63. The van der Waals surface area contributed by atoms with Gasteiger partial charge in [-0.15, -0.1) is 0 Å². The Morgan fingerprint density at radius 3 is 2.46 bits per heavy atom. The van der Waals surface area contributed by atoms with Crippen molar-refractivity contribution in [2.45, 2.75) is 13.3 Å². The summed E-state index contributed by atoms with van der Waals surface area (Å²) < 4.78 is 30.7. The van der Waals surface area contributed by atoms with Crippen LogP contribution in [-0.2, 0) is 10.0 Å². The van der Waals surface area contributed by atoms with Crippen LogP contribution in [0.5, 0.6) is 5.75 Å². The molecule has 0 unspecified atom stereocenters. The molecule has 0 spiro atoms. The average Bonchev–Trinajstić information content (AvgIpc) is 2.53. The van der Waals surface area contributed by atoms with Crippen LogP contribution in [-0.4, -0.2) is 27.2 Å². The molecule has 2 aromatic carbocycles. The molecule has 0 aromatic heterocycles. The van der Waals surface area contributed by atoms with Crippen molar-refractivity contribution in [3.8, 4) is 5.75 Å². The smallest absolute Gasteiger partial charge is 0.255 e. The van der Waals surface area contributed by atoms with Gasteiger partial charge in [-0.25, -0.2) is 8.42 Å². The second-order valence-electron chi connectivity index (χ2n) is 5.25. The number of benzene rings is 2. The van der Waals surface area contributed by atoms with Gasteiger partial charge in [0.05, 0.1) is 24.2 Å². The molecule has 2 N–H and O–H groups in total. The summed E-state index contributed by atoms with van der Waals surface area (Å²) in [6, 6.07) is 13.4. The van der Waals surface area contributed by atoms with Gasteiger partial charge in [-0.3, -0.25) is 9.52 Å². The maximum atomic E-state index is 12.4. The molecule has 0 bridgehead atoms. The van der Waals surface area contributed by atoms with Crippen LogP contribution in [0.2, 0.25) is 0 Å². The summed E-state index contributed by atoms with van der Waals surface area (Å²) in [4.78, 5) is 12.4. The maximum Gasteiger partial charge on any atom is 0.255 e. The van der Waals surface area contributed by atoms with Gasteiger partial charge in [0.15, 0.2) is 0 Å². The van der Waals surface area contributed by atoms with Gasteiger partial charge in [0.2, 0.25) is 10.0 Å². The summed E-state index contributed by atoms with van der Waals surface area (Å²) in [5, 5.41) is 2.71. The number of hydrogen-bond donors (Lipinski definition) is 2. The molecule has 0 saturated heterocycles. The molecule has 0 aliphatic carbocycles. The first kappa shape index (κ1) is 17.8. The number of ether oxygens (including phenoxy) is 1. The van der Waals surface area contributed by atoms with Crippen molar-refractivity contribution in [1.29, 1.82) is 0 Å². The van der Waals surface area contributed by atoms with Crippen LogP contribution in [0.4, 0.5) is 11.4 Å². The molecule has 2 rings (SSSR count). The summed E-state index contributed by atoms with van der Waals surface area (Å²) in [6.45, 7) is 2.58. The van der Waals surface area contributed by atoms with Crippen LogP contribution in [0.3, 0.4) is 0 Å². The molecule has 1 amide bonds. The molecule has 0 atom stereocenters. The standard InChI is InChI=1S/C17H20N2O4S/c1-3-11-23-14-8-6-7-13(12-14)17(20)18-15-9-4-5-10-16(15)19-24(2,21)22/h4-10,12,19H,3,11H2,1-2H3,(H,18,20). The quantitative estimate of drug-likeness (QED) is 0.805. The largest absolute Gasteiger partial charge is 0.494 e. The van der Waals surface area contributed by atoms with E-state index in [4.69, 9.17) is 4.74 Å². The molecular formula is C17H20N2O4S. The fourth-order valence-electron chi connectivity index (χ4n) is 2.02. The van der Waals surface area contributed by atoms with E-state index in [1.807, 2.05) is 6.92 Å². The van der Waals surface area contributed by atoms with Crippen molar-refractivity contribution < 1.29 is 17.9 Å².